The molecule has 104 valence electrons. The quantitative estimate of drug-likeness (QED) is 0.601. The third-order valence-corrected chi connectivity index (χ3v) is 2.60. The van der Waals surface area contributed by atoms with Crippen LogP contribution in [0.1, 0.15) is 25.8 Å². The summed E-state index contributed by atoms with van der Waals surface area (Å²) >= 11 is 0. The minimum atomic E-state index is -1.21. The van der Waals surface area contributed by atoms with E-state index < -0.39 is 29.9 Å². The van der Waals surface area contributed by atoms with Crippen LogP contribution in [0.15, 0.2) is 18.5 Å². The first-order chi connectivity index (χ1) is 8.91. The predicted octanol–water partition coefficient (Wildman–Crippen LogP) is -0.721. The summed E-state index contributed by atoms with van der Waals surface area (Å²) in [7, 11) is 0. The molecular weight excluding hydrogens is 252 g/mol. The fourth-order valence-electron chi connectivity index (χ4n) is 1.47. The number of nitrogens with zero attached hydrogens (tertiary/aromatic N) is 2. The van der Waals surface area contributed by atoms with E-state index in [1.54, 1.807) is 19.2 Å². The highest BCUT2D eigenvalue weighted by atomic mass is 16.4. The molecule has 0 aliphatic carbocycles. The highest BCUT2D eigenvalue weighted by Crippen LogP contribution is 2.05. The first kappa shape index (κ1) is 14.7. The molecule has 1 aromatic heterocycles. The standard InChI is InChI=1S/C11H16N4O4/c1-7(15-6-2-5-13-15)10(17)14-8(11(18)19)3-4-9(12)16/h2,5-8H,3-4H2,1H3,(H2,12,16)(H,14,17)(H,18,19)/t7?,8-/m0/s1. The molecule has 8 heteroatoms. The summed E-state index contributed by atoms with van der Waals surface area (Å²) in [5.74, 6) is -2.30. The molecular formula is C11H16N4O4. The van der Waals surface area contributed by atoms with Crippen molar-refractivity contribution in [2.24, 2.45) is 5.73 Å². The molecule has 2 amide bonds. The third kappa shape index (κ3) is 4.41. The highest BCUT2D eigenvalue weighted by molar-refractivity contribution is 5.86. The molecule has 0 saturated heterocycles. The Balaban J connectivity index is 2.61. The number of carbonyl (C=O) groups excluding carboxylic acids is 2. The van der Waals surface area contributed by atoms with Crippen LogP contribution in [0, 0.1) is 0 Å². The first-order valence-corrected chi connectivity index (χ1v) is 5.72. The number of rotatable bonds is 7. The Morgan fingerprint density at radius 1 is 1.47 bits per heavy atom. The average Bonchev–Trinajstić information content (AvgIpc) is 2.86. The van der Waals surface area contributed by atoms with Gasteiger partial charge in [-0.1, -0.05) is 0 Å². The van der Waals surface area contributed by atoms with E-state index >= 15 is 0 Å². The fraction of sp³-hybridized carbons (Fsp3) is 0.455. The van der Waals surface area contributed by atoms with Crippen molar-refractivity contribution in [3.63, 3.8) is 0 Å². The van der Waals surface area contributed by atoms with Crippen LogP contribution in [-0.4, -0.2) is 38.7 Å². The molecule has 0 saturated carbocycles. The van der Waals surface area contributed by atoms with E-state index in [0.717, 1.165) is 0 Å². The SMILES string of the molecule is CC(C(=O)N[C@@H](CCC(N)=O)C(=O)O)n1cccn1. The summed E-state index contributed by atoms with van der Waals surface area (Å²) in [5, 5.41) is 15.2. The molecule has 0 fully saturated rings. The number of nitrogens with two attached hydrogens (primary N) is 1. The van der Waals surface area contributed by atoms with Crippen LogP contribution >= 0.6 is 0 Å². The Kier molecular flexibility index (Phi) is 5.04. The van der Waals surface area contributed by atoms with Gasteiger partial charge < -0.3 is 16.2 Å². The van der Waals surface area contributed by atoms with E-state index in [-0.39, 0.29) is 12.8 Å². The molecule has 1 heterocycles. The lowest BCUT2D eigenvalue weighted by Crippen LogP contribution is -2.44. The van der Waals surface area contributed by atoms with Crippen LogP contribution in [-0.2, 0) is 14.4 Å². The number of hydrogen-bond donors (Lipinski definition) is 3. The molecule has 0 radical (unpaired) electrons. The van der Waals surface area contributed by atoms with E-state index in [0.29, 0.717) is 0 Å². The van der Waals surface area contributed by atoms with E-state index in [1.807, 2.05) is 0 Å². The van der Waals surface area contributed by atoms with Gasteiger partial charge in [0.25, 0.3) is 0 Å². The van der Waals surface area contributed by atoms with E-state index in [9.17, 15) is 14.4 Å². The largest absolute Gasteiger partial charge is 0.480 e. The molecule has 8 nitrogen and oxygen atoms in total. The van der Waals surface area contributed by atoms with Crippen molar-refractivity contribution in [2.45, 2.75) is 31.8 Å². The van der Waals surface area contributed by atoms with Crippen molar-refractivity contribution < 1.29 is 19.5 Å². The Bertz CT molecular complexity index is 457. The smallest absolute Gasteiger partial charge is 0.326 e. The zero-order valence-corrected chi connectivity index (χ0v) is 10.4. The maximum absolute atomic E-state index is 11.8. The first-order valence-electron chi connectivity index (χ1n) is 5.72. The summed E-state index contributed by atoms with van der Waals surface area (Å²) < 4.78 is 1.41. The molecule has 1 unspecified atom stereocenters. The van der Waals surface area contributed by atoms with E-state index in [2.05, 4.69) is 10.4 Å². The van der Waals surface area contributed by atoms with Gasteiger partial charge >= 0.3 is 5.97 Å². The maximum Gasteiger partial charge on any atom is 0.326 e. The van der Waals surface area contributed by atoms with Gasteiger partial charge in [0.1, 0.15) is 12.1 Å². The molecule has 1 aromatic rings. The van der Waals surface area contributed by atoms with Crippen molar-refractivity contribution in [3.05, 3.63) is 18.5 Å². The molecule has 0 bridgehead atoms. The van der Waals surface area contributed by atoms with Gasteiger partial charge in [-0.05, 0) is 19.4 Å². The summed E-state index contributed by atoms with van der Waals surface area (Å²) in [4.78, 5) is 33.5. The van der Waals surface area contributed by atoms with Crippen LogP contribution in [0.5, 0.6) is 0 Å². The summed E-state index contributed by atoms with van der Waals surface area (Å²) in [5.41, 5.74) is 4.95. The lowest BCUT2D eigenvalue weighted by molar-refractivity contribution is -0.142. The van der Waals surface area contributed by atoms with Crippen molar-refractivity contribution >= 4 is 17.8 Å². The Morgan fingerprint density at radius 3 is 2.63 bits per heavy atom. The molecule has 19 heavy (non-hydrogen) atoms. The number of hydrogen-bond acceptors (Lipinski definition) is 4. The highest BCUT2D eigenvalue weighted by Gasteiger charge is 2.24. The number of carboxylic acid groups (broad SMARTS) is 1. The molecule has 0 aromatic carbocycles. The number of carbonyl (C=O) groups is 3. The average molecular weight is 268 g/mol. The minimum absolute atomic E-state index is 0.0395. The van der Waals surface area contributed by atoms with Crippen molar-refractivity contribution in [1.82, 2.24) is 15.1 Å². The summed E-state index contributed by atoms with van der Waals surface area (Å²) in [6.07, 6.45) is 2.98. The van der Waals surface area contributed by atoms with Gasteiger partial charge in [-0.15, -0.1) is 0 Å². The third-order valence-electron chi connectivity index (χ3n) is 2.60. The second kappa shape index (κ2) is 6.53. The number of carboxylic acids is 1. The van der Waals surface area contributed by atoms with Crippen molar-refractivity contribution in [1.29, 1.82) is 0 Å². The van der Waals surface area contributed by atoms with Crippen LogP contribution in [0.2, 0.25) is 0 Å². The topological polar surface area (TPSA) is 127 Å². The lowest BCUT2D eigenvalue weighted by Gasteiger charge is -2.17. The summed E-state index contributed by atoms with van der Waals surface area (Å²) in [6.45, 7) is 1.59. The van der Waals surface area contributed by atoms with Gasteiger partial charge in [-0.25, -0.2) is 4.79 Å². The van der Waals surface area contributed by atoms with Gasteiger partial charge in [0.15, 0.2) is 0 Å². The lowest BCUT2D eigenvalue weighted by atomic mass is 10.1. The zero-order valence-electron chi connectivity index (χ0n) is 10.4. The Labute approximate surface area is 109 Å². The van der Waals surface area contributed by atoms with Crippen molar-refractivity contribution in [2.75, 3.05) is 0 Å². The van der Waals surface area contributed by atoms with Gasteiger partial charge in [-0.3, -0.25) is 14.3 Å². The number of amides is 2. The van der Waals surface area contributed by atoms with Gasteiger partial charge in [0.2, 0.25) is 11.8 Å². The molecule has 0 aliphatic rings. The number of aromatic nitrogens is 2. The molecule has 4 N–H and O–H groups in total. The van der Waals surface area contributed by atoms with E-state index in [4.69, 9.17) is 10.8 Å². The summed E-state index contributed by atoms with van der Waals surface area (Å²) in [6, 6.07) is -0.116. The number of aliphatic carboxylic acids is 1. The van der Waals surface area contributed by atoms with Gasteiger partial charge in [-0.2, -0.15) is 5.10 Å². The van der Waals surface area contributed by atoms with Crippen LogP contribution in [0.3, 0.4) is 0 Å². The normalized spacial score (nSPS) is 13.5. The second-order valence-electron chi connectivity index (χ2n) is 4.07. The number of primary amides is 1. The maximum atomic E-state index is 11.8. The van der Waals surface area contributed by atoms with Crippen LogP contribution in [0.4, 0.5) is 0 Å². The van der Waals surface area contributed by atoms with Crippen LogP contribution in [0.25, 0.3) is 0 Å². The number of nitrogens with one attached hydrogen (secondary N) is 1. The second-order valence-corrected chi connectivity index (χ2v) is 4.07. The Morgan fingerprint density at radius 2 is 2.16 bits per heavy atom. The van der Waals surface area contributed by atoms with Gasteiger partial charge in [0.05, 0.1) is 0 Å². The molecule has 0 spiro atoms. The zero-order chi connectivity index (χ0) is 14.4. The van der Waals surface area contributed by atoms with E-state index in [1.165, 1.54) is 10.9 Å². The van der Waals surface area contributed by atoms with Gasteiger partial charge in [0, 0.05) is 18.8 Å². The van der Waals surface area contributed by atoms with Crippen LogP contribution < -0.4 is 11.1 Å². The molecule has 0 aliphatic heterocycles. The molecule has 1 rings (SSSR count). The monoisotopic (exact) mass is 268 g/mol. The van der Waals surface area contributed by atoms with Crippen molar-refractivity contribution in [3.8, 4) is 0 Å². The molecule has 2 atom stereocenters. The Hall–Kier alpha value is -2.38. The fourth-order valence-corrected chi connectivity index (χ4v) is 1.47. The minimum Gasteiger partial charge on any atom is -0.480 e. The predicted molar refractivity (Wildman–Crippen MR) is 64.9 cm³/mol.